The van der Waals surface area contributed by atoms with Gasteiger partial charge in [0, 0.05) is 0 Å². The summed E-state index contributed by atoms with van der Waals surface area (Å²) in [6, 6.07) is 24.1. The SMILES string of the molecule is Cc1ccc(C(C(N)=O)(c2ccc(C)cc2)c2ccc(C)cc2)cc1. The molecule has 3 rings (SSSR count). The van der Waals surface area contributed by atoms with Crippen LogP contribution < -0.4 is 5.73 Å². The van der Waals surface area contributed by atoms with Gasteiger partial charge < -0.3 is 5.73 Å². The van der Waals surface area contributed by atoms with Crippen molar-refractivity contribution in [1.29, 1.82) is 0 Å². The zero-order chi connectivity index (χ0) is 18.0. The van der Waals surface area contributed by atoms with Gasteiger partial charge in [0.1, 0.15) is 5.41 Å². The van der Waals surface area contributed by atoms with Crippen molar-refractivity contribution in [1.82, 2.24) is 0 Å². The smallest absolute Gasteiger partial charge is 0.237 e. The minimum absolute atomic E-state index is 0.371. The summed E-state index contributed by atoms with van der Waals surface area (Å²) < 4.78 is 0. The van der Waals surface area contributed by atoms with E-state index in [4.69, 9.17) is 5.73 Å². The van der Waals surface area contributed by atoms with E-state index in [9.17, 15) is 4.79 Å². The molecule has 0 aromatic heterocycles. The maximum atomic E-state index is 12.9. The Kier molecular flexibility index (Phi) is 4.45. The van der Waals surface area contributed by atoms with Gasteiger partial charge in [0.15, 0.2) is 0 Å². The maximum Gasteiger partial charge on any atom is 0.237 e. The Bertz CT molecular complexity index is 764. The van der Waals surface area contributed by atoms with E-state index in [-0.39, 0.29) is 5.91 Å². The molecule has 0 atom stereocenters. The number of hydrogen-bond donors (Lipinski definition) is 1. The average molecular weight is 329 g/mol. The molecule has 1 amide bonds. The molecule has 0 radical (unpaired) electrons. The Morgan fingerprint density at radius 1 is 0.600 bits per heavy atom. The number of rotatable bonds is 4. The second-order valence-corrected chi connectivity index (χ2v) is 6.71. The van der Waals surface area contributed by atoms with Gasteiger partial charge >= 0.3 is 0 Å². The lowest BCUT2D eigenvalue weighted by molar-refractivity contribution is -0.120. The molecule has 0 aliphatic rings. The zero-order valence-electron chi connectivity index (χ0n) is 14.9. The van der Waals surface area contributed by atoms with E-state index in [1.807, 2.05) is 93.6 Å². The molecule has 2 nitrogen and oxygen atoms in total. The Morgan fingerprint density at radius 3 is 1.04 bits per heavy atom. The summed E-state index contributed by atoms with van der Waals surface area (Å²) >= 11 is 0. The van der Waals surface area contributed by atoms with Crippen LogP contribution in [-0.4, -0.2) is 5.91 Å². The van der Waals surface area contributed by atoms with Gasteiger partial charge in [-0.3, -0.25) is 4.79 Å². The maximum absolute atomic E-state index is 12.9. The van der Waals surface area contributed by atoms with E-state index in [2.05, 4.69) is 0 Å². The van der Waals surface area contributed by atoms with Crippen molar-refractivity contribution in [2.24, 2.45) is 5.73 Å². The first-order chi connectivity index (χ1) is 11.9. The summed E-state index contributed by atoms with van der Waals surface area (Å²) in [4.78, 5) is 12.9. The number of carbonyl (C=O) groups is 1. The van der Waals surface area contributed by atoms with Crippen molar-refractivity contribution in [3.63, 3.8) is 0 Å². The van der Waals surface area contributed by atoms with Gasteiger partial charge in [0.25, 0.3) is 0 Å². The first-order valence-corrected chi connectivity index (χ1v) is 8.46. The summed E-state index contributed by atoms with van der Waals surface area (Å²) in [7, 11) is 0. The molecular weight excluding hydrogens is 306 g/mol. The molecule has 0 spiro atoms. The third-order valence-corrected chi connectivity index (χ3v) is 4.82. The van der Waals surface area contributed by atoms with Crippen LogP contribution in [0.2, 0.25) is 0 Å². The number of carbonyl (C=O) groups excluding carboxylic acids is 1. The second kappa shape index (κ2) is 6.56. The third kappa shape index (κ3) is 2.96. The lowest BCUT2D eigenvalue weighted by Gasteiger charge is -2.33. The molecule has 3 aromatic carbocycles. The molecule has 126 valence electrons. The summed E-state index contributed by atoms with van der Waals surface area (Å²) in [5.41, 5.74) is 11.1. The van der Waals surface area contributed by atoms with Crippen molar-refractivity contribution in [2.75, 3.05) is 0 Å². The van der Waals surface area contributed by atoms with E-state index in [0.29, 0.717) is 0 Å². The number of nitrogens with two attached hydrogens (primary N) is 1. The van der Waals surface area contributed by atoms with Gasteiger partial charge in [-0.2, -0.15) is 0 Å². The first kappa shape index (κ1) is 17.0. The van der Waals surface area contributed by atoms with E-state index in [0.717, 1.165) is 33.4 Å². The fourth-order valence-corrected chi connectivity index (χ4v) is 3.34. The van der Waals surface area contributed by atoms with Crippen LogP contribution in [0.25, 0.3) is 0 Å². The summed E-state index contributed by atoms with van der Waals surface area (Å²) in [5.74, 6) is -0.371. The molecule has 0 saturated carbocycles. The predicted octanol–water partition coefficient (Wildman–Crippen LogP) is 4.43. The monoisotopic (exact) mass is 329 g/mol. The van der Waals surface area contributed by atoms with Gasteiger partial charge in [-0.05, 0) is 37.5 Å². The van der Waals surface area contributed by atoms with Gasteiger partial charge in [-0.1, -0.05) is 89.5 Å². The highest BCUT2D eigenvalue weighted by Crippen LogP contribution is 2.39. The van der Waals surface area contributed by atoms with Crippen LogP contribution in [0.1, 0.15) is 33.4 Å². The summed E-state index contributed by atoms with van der Waals surface area (Å²) in [5, 5.41) is 0. The van der Waals surface area contributed by atoms with Crippen LogP contribution in [0.3, 0.4) is 0 Å². The van der Waals surface area contributed by atoms with Crippen LogP contribution in [0.5, 0.6) is 0 Å². The normalized spacial score (nSPS) is 11.3. The minimum atomic E-state index is -1.00. The largest absolute Gasteiger partial charge is 0.368 e. The van der Waals surface area contributed by atoms with E-state index in [1.54, 1.807) is 0 Å². The van der Waals surface area contributed by atoms with Crippen LogP contribution in [0.15, 0.2) is 72.8 Å². The van der Waals surface area contributed by atoms with Crippen molar-refractivity contribution < 1.29 is 4.79 Å². The standard InChI is InChI=1S/C23H23NO/c1-16-4-10-19(11-5-16)23(22(24)25,20-12-6-17(2)7-13-20)21-14-8-18(3)9-15-21/h4-15H,1-3H3,(H2,24,25). The highest BCUT2D eigenvalue weighted by molar-refractivity contribution is 5.95. The molecule has 0 aliphatic carbocycles. The van der Waals surface area contributed by atoms with E-state index < -0.39 is 5.41 Å². The Hall–Kier alpha value is -2.87. The lowest BCUT2D eigenvalue weighted by Crippen LogP contribution is -2.43. The average Bonchev–Trinajstić information content (AvgIpc) is 2.60. The highest BCUT2D eigenvalue weighted by atomic mass is 16.1. The summed E-state index contributed by atoms with van der Waals surface area (Å²) in [6.45, 7) is 6.11. The predicted molar refractivity (Wildman–Crippen MR) is 103 cm³/mol. The second-order valence-electron chi connectivity index (χ2n) is 6.71. The van der Waals surface area contributed by atoms with Gasteiger partial charge in [0.05, 0.1) is 0 Å². The van der Waals surface area contributed by atoms with Crippen LogP contribution in [-0.2, 0) is 10.2 Å². The van der Waals surface area contributed by atoms with Crippen molar-refractivity contribution >= 4 is 5.91 Å². The molecular formula is C23H23NO. The number of benzene rings is 3. The van der Waals surface area contributed by atoms with E-state index in [1.165, 1.54) is 0 Å². The summed E-state index contributed by atoms with van der Waals surface area (Å²) in [6.07, 6.45) is 0. The highest BCUT2D eigenvalue weighted by Gasteiger charge is 2.42. The number of primary amides is 1. The Labute approximate surface area is 149 Å². The zero-order valence-corrected chi connectivity index (χ0v) is 14.9. The number of amides is 1. The molecule has 0 heterocycles. The third-order valence-electron chi connectivity index (χ3n) is 4.82. The van der Waals surface area contributed by atoms with Crippen LogP contribution in [0.4, 0.5) is 0 Å². The van der Waals surface area contributed by atoms with E-state index >= 15 is 0 Å². The van der Waals surface area contributed by atoms with Gasteiger partial charge in [-0.25, -0.2) is 0 Å². The Balaban J connectivity index is 2.35. The molecule has 3 aromatic rings. The van der Waals surface area contributed by atoms with Gasteiger partial charge in [-0.15, -0.1) is 0 Å². The topological polar surface area (TPSA) is 43.1 Å². The molecule has 0 fully saturated rings. The molecule has 25 heavy (non-hydrogen) atoms. The molecule has 0 aliphatic heterocycles. The molecule has 0 bridgehead atoms. The minimum Gasteiger partial charge on any atom is -0.368 e. The first-order valence-electron chi connectivity index (χ1n) is 8.46. The molecule has 0 saturated heterocycles. The number of hydrogen-bond acceptors (Lipinski definition) is 1. The molecule has 0 unspecified atom stereocenters. The fraction of sp³-hybridized carbons (Fsp3) is 0.174. The van der Waals surface area contributed by atoms with Crippen LogP contribution in [0, 0.1) is 20.8 Å². The van der Waals surface area contributed by atoms with Crippen molar-refractivity contribution in [2.45, 2.75) is 26.2 Å². The van der Waals surface area contributed by atoms with Crippen LogP contribution >= 0.6 is 0 Å². The molecule has 2 heteroatoms. The van der Waals surface area contributed by atoms with Crippen molar-refractivity contribution in [3.05, 3.63) is 106 Å². The van der Waals surface area contributed by atoms with Gasteiger partial charge in [0.2, 0.25) is 5.91 Å². The number of aryl methyl sites for hydroxylation is 3. The fourth-order valence-electron chi connectivity index (χ4n) is 3.34. The quantitative estimate of drug-likeness (QED) is 0.707. The Morgan fingerprint density at radius 2 is 0.840 bits per heavy atom. The van der Waals surface area contributed by atoms with Crippen molar-refractivity contribution in [3.8, 4) is 0 Å². The lowest BCUT2D eigenvalue weighted by atomic mass is 9.68. The molecule has 2 N–H and O–H groups in total.